The second kappa shape index (κ2) is 10.8. The molecule has 238 valence electrons. The van der Waals surface area contributed by atoms with Crippen LogP contribution in [0, 0.1) is 0 Å². The Balaban J connectivity index is 1.19. The van der Waals surface area contributed by atoms with E-state index >= 15 is 0 Å². The Hall–Kier alpha value is -6.84. The largest absolute Gasteiger partial charge is 0.455 e. The summed E-state index contributed by atoms with van der Waals surface area (Å²) in [6.45, 7) is 0. The summed E-state index contributed by atoms with van der Waals surface area (Å²) in [5.74, 6) is 0. The summed E-state index contributed by atoms with van der Waals surface area (Å²) in [6.07, 6.45) is 0. The van der Waals surface area contributed by atoms with Gasteiger partial charge in [0.2, 0.25) is 0 Å². The van der Waals surface area contributed by atoms with Crippen molar-refractivity contribution in [2.75, 3.05) is 0 Å². The molecule has 0 unspecified atom stereocenters. The normalized spacial score (nSPS) is 11.9. The van der Waals surface area contributed by atoms with Crippen LogP contribution in [-0.2, 0) is 0 Å². The van der Waals surface area contributed by atoms with Crippen molar-refractivity contribution in [1.29, 1.82) is 0 Å². The van der Waals surface area contributed by atoms with Crippen LogP contribution in [0.4, 0.5) is 0 Å². The van der Waals surface area contributed by atoms with Crippen LogP contribution in [0.3, 0.4) is 0 Å². The molecule has 0 bridgehead atoms. The van der Waals surface area contributed by atoms with Crippen LogP contribution in [0.15, 0.2) is 185 Å². The van der Waals surface area contributed by atoms with Crippen LogP contribution in [-0.4, -0.2) is 4.57 Å². The van der Waals surface area contributed by atoms with Gasteiger partial charge in [-0.25, -0.2) is 0 Å². The number of para-hydroxylation sites is 4. The molecular formula is C48H29NO2. The van der Waals surface area contributed by atoms with Crippen LogP contribution in [0.5, 0.6) is 0 Å². The summed E-state index contributed by atoms with van der Waals surface area (Å²) in [4.78, 5) is 0. The second-order valence-corrected chi connectivity index (χ2v) is 13.2. The van der Waals surface area contributed by atoms with Gasteiger partial charge in [-0.3, -0.25) is 0 Å². The van der Waals surface area contributed by atoms with E-state index in [0.29, 0.717) is 0 Å². The van der Waals surface area contributed by atoms with E-state index in [1.165, 1.54) is 21.8 Å². The van der Waals surface area contributed by atoms with E-state index in [-0.39, 0.29) is 0 Å². The predicted molar refractivity (Wildman–Crippen MR) is 212 cm³/mol. The van der Waals surface area contributed by atoms with Crippen LogP contribution < -0.4 is 0 Å². The van der Waals surface area contributed by atoms with Gasteiger partial charge in [0.25, 0.3) is 0 Å². The highest BCUT2D eigenvalue weighted by molar-refractivity contribution is 6.24. The molecule has 3 aromatic heterocycles. The molecule has 0 N–H and O–H groups in total. The maximum absolute atomic E-state index is 7.05. The molecule has 0 radical (unpaired) electrons. The SMILES string of the molecule is c1ccc(-c2cccc3c2oc2c(-c4ccccc4)c4oc5c(-c6ccc7c(c6)c6ccccc6n7-c6ccccc6)cccc5c4cc23)cc1. The van der Waals surface area contributed by atoms with Gasteiger partial charge in [-0.1, -0.05) is 140 Å². The summed E-state index contributed by atoms with van der Waals surface area (Å²) in [5.41, 5.74) is 13.4. The van der Waals surface area contributed by atoms with Crippen molar-refractivity contribution in [3.8, 4) is 39.1 Å². The Morgan fingerprint density at radius 2 is 0.843 bits per heavy atom. The number of furan rings is 2. The maximum atomic E-state index is 7.05. The first-order valence-electron chi connectivity index (χ1n) is 17.4. The summed E-state index contributed by atoms with van der Waals surface area (Å²) in [5, 5.41) is 6.77. The molecule has 0 fully saturated rings. The smallest absolute Gasteiger partial charge is 0.147 e. The molecule has 8 aromatic carbocycles. The van der Waals surface area contributed by atoms with Gasteiger partial charge in [0.15, 0.2) is 0 Å². The van der Waals surface area contributed by atoms with E-state index in [2.05, 4.69) is 174 Å². The first-order valence-corrected chi connectivity index (χ1v) is 17.4. The van der Waals surface area contributed by atoms with Gasteiger partial charge in [-0.05, 0) is 53.1 Å². The number of rotatable bonds is 4. The Morgan fingerprint density at radius 3 is 1.51 bits per heavy atom. The van der Waals surface area contributed by atoms with Crippen molar-refractivity contribution in [1.82, 2.24) is 4.57 Å². The highest BCUT2D eigenvalue weighted by Gasteiger charge is 2.24. The number of aromatic nitrogens is 1. The summed E-state index contributed by atoms with van der Waals surface area (Å²) < 4.78 is 16.3. The van der Waals surface area contributed by atoms with Crippen LogP contribution in [0.25, 0.3) is 105 Å². The second-order valence-electron chi connectivity index (χ2n) is 13.2. The zero-order chi connectivity index (χ0) is 33.5. The van der Waals surface area contributed by atoms with E-state index < -0.39 is 0 Å². The Kier molecular flexibility index (Phi) is 5.96. The summed E-state index contributed by atoms with van der Waals surface area (Å²) >= 11 is 0. The summed E-state index contributed by atoms with van der Waals surface area (Å²) in [7, 11) is 0. The fourth-order valence-electron chi connectivity index (χ4n) is 8.12. The lowest BCUT2D eigenvalue weighted by molar-refractivity contribution is 0.659. The van der Waals surface area contributed by atoms with Crippen molar-refractivity contribution in [2.24, 2.45) is 0 Å². The quantitative estimate of drug-likeness (QED) is 0.190. The van der Waals surface area contributed by atoms with Crippen LogP contribution >= 0.6 is 0 Å². The highest BCUT2D eigenvalue weighted by Crippen LogP contribution is 2.47. The highest BCUT2D eigenvalue weighted by atomic mass is 16.3. The molecule has 11 aromatic rings. The Morgan fingerprint density at radius 1 is 0.314 bits per heavy atom. The van der Waals surface area contributed by atoms with E-state index in [0.717, 1.165) is 82.9 Å². The Bertz CT molecular complexity index is 3110. The molecule has 11 rings (SSSR count). The van der Waals surface area contributed by atoms with E-state index in [1.54, 1.807) is 0 Å². The molecule has 0 spiro atoms. The molecule has 0 amide bonds. The third-order valence-corrected chi connectivity index (χ3v) is 10.4. The molecular weight excluding hydrogens is 623 g/mol. The third-order valence-electron chi connectivity index (χ3n) is 10.4. The van der Waals surface area contributed by atoms with E-state index in [1.807, 2.05) is 6.07 Å². The molecule has 3 heteroatoms. The average molecular weight is 652 g/mol. The lowest BCUT2D eigenvalue weighted by atomic mass is 9.96. The zero-order valence-electron chi connectivity index (χ0n) is 27.5. The molecule has 0 aliphatic carbocycles. The zero-order valence-corrected chi connectivity index (χ0v) is 27.5. The van der Waals surface area contributed by atoms with Crippen molar-refractivity contribution in [2.45, 2.75) is 0 Å². The number of hydrogen-bond donors (Lipinski definition) is 0. The predicted octanol–water partition coefficient (Wildman–Crippen LogP) is 13.6. The number of fused-ring (bicyclic) bond motifs is 9. The average Bonchev–Trinajstić information content (AvgIpc) is 3.87. The van der Waals surface area contributed by atoms with Crippen molar-refractivity contribution in [3.05, 3.63) is 176 Å². The number of nitrogens with zero attached hydrogens (tertiary/aromatic N) is 1. The van der Waals surface area contributed by atoms with Gasteiger partial charge in [0.05, 0.1) is 16.6 Å². The first-order chi connectivity index (χ1) is 25.3. The topological polar surface area (TPSA) is 31.2 Å². The van der Waals surface area contributed by atoms with Gasteiger partial charge in [-0.2, -0.15) is 0 Å². The monoisotopic (exact) mass is 651 g/mol. The van der Waals surface area contributed by atoms with E-state index in [4.69, 9.17) is 8.83 Å². The van der Waals surface area contributed by atoms with Crippen molar-refractivity contribution in [3.63, 3.8) is 0 Å². The molecule has 3 nitrogen and oxygen atoms in total. The van der Waals surface area contributed by atoms with Crippen molar-refractivity contribution >= 4 is 65.7 Å². The van der Waals surface area contributed by atoms with Crippen LogP contribution in [0.2, 0.25) is 0 Å². The van der Waals surface area contributed by atoms with Gasteiger partial charge < -0.3 is 13.4 Å². The van der Waals surface area contributed by atoms with Gasteiger partial charge >= 0.3 is 0 Å². The molecule has 0 aliphatic heterocycles. The van der Waals surface area contributed by atoms with Crippen LogP contribution in [0.1, 0.15) is 0 Å². The lowest BCUT2D eigenvalue weighted by Gasteiger charge is -2.08. The Labute approximate surface area is 293 Å². The molecule has 0 atom stereocenters. The molecule has 51 heavy (non-hydrogen) atoms. The minimum atomic E-state index is 0.832. The minimum Gasteiger partial charge on any atom is -0.455 e. The number of hydrogen-bond acceptors (Lipinski definition) is 2. The maximum Gasteiger partial charge on any atom is 0.147 e. The first kappa shape index (κ1) is 28.0. The fourth-order valence-corrected chi connectivity index (χ4v) is 8.12. The molecule has 0 saturated carbocycles. The van der Waals surface area contributed by atoms with Gasteiger partial charge in [0, 0.05) is 49.1 Å². The molecule has 3 heterocycles. The number of benzene rings is 8. The van der Waals surface area contributed by atoms with Gasteiger partial charge in [0.1, 0.15) is 22.3 Å². The molecule has 0 aliphatic rings. The van der Waals surface area contributed by atoms with Crippen molar-refractivity contribution < 1.29 is 8.83 Å². The third kappa shape index (κ3) is 4.12. The standard InChI is InChI=1S/C48H29NO2/c1-4-14-30(15-5-1)34-21-12-23-37-40-29-41-38-24-13-22-35(46(38)51-48(41)44(47(40)50-45(34)37)31-16-6-2-7-17-31)32-26-27-43-39(28-32)36-20-10-11-25-42(36)49(43)33-18-8-3-9-19-33/h1-29H. The van der Waals surface area contributed by atoms with E-state index in [9.17, 15) is 0 Å². The fraction of sp³-hybridized carbons (Fsp3) is 0. The molecule has 0 saturated heterocycles. The minimum absolute atomic E-state index is 0.832. The van der Waals surface area contributed by atoms with Gasteiger partial charge in [-0.15, -0.1) is 0 Å². The lowest BCUT2D eigenvalue weighted by Crippen LogP contribution is -1.92. The summed E-state index contributed by atoms with van der Waals surface area (Å²) in [6, 6.07) is 62.2.